The number of hydrogen-bond acceptors (Lipinski definition) is 4. The third-order valence-corrected chi connectivity index (χ3v) is 4.92. The quantitative estimate of drug-likeness (QED) is 0.663. The van der Waals surface area contributed by atoms with Crippen molar-refractivity contribution in [1.82, 2.24) is 5.43 Å². The van der Waals surface area contributed by atoms with Gasteiger partial charge in [0.15, 0.2) is 0 Å². The summed E-state index contributed by atoms with van der Waals surface area (Å²) in [6, 6.07) is 5.83. The van der Waals surface area contributed by atoms with Crippen molar-refractivity contribution in [2.24, 2.45) is 5.84 Å². The molecule has 2 nitrogen and oxygen atoms in total. The van der Waals surface area contributed by atoms with Crippen molar-refractivity contribution in [3.63, 3.8) is 0 Å². The van der Waals surface area contributed by atoms with E-state index in [1.54, 1.807) is 22.7 Å². The lowest BCUT2D eigenvalue weighted by Gasteiger charge is -2.13. The molecule has 0 fully saturated rings. The number of halogens is 2. The summed E-state index contributed by atoms with van der Waals surface area (Å²) in [5.74, 6) is 5.56. The van der Waals surface area contributed by atoms with Gasteiger partial charge in [0.05, 0.1) is 15.4 Å². The highest BCUT2D eigenvalue weighted by molar-refractivity contribution is 7.16. The second-order valence-electron chi connectivity index (χ2n) is 3.26. The molecule has 2 aromatic heterocycles. The van der Waals surface area contributed by atoms with Crippen molar-refractivity contribution in [3.8, 4) is 0 Å². The first-order valence-electron chi connectivity index (χ1n) is 4.64. The van der Waals surface area contributed by atoms with Gasteiger partial charge in [-0.3, -0.25) is 11.3 Å². The molecule has 0 spiro atoms. The molecule has 16 heavy (non-hydrogen) atoms. The molecule has 0 aliphatic heterocycles. The van der Waals surface area contributed by atoms with E-state index in [1.807, 2.05) is 23.6 Å². The van der Waals surface area contributed by atoms with Gasteiger partial charge in [-0.2, -0.15) is 0 Å². The van der Waals surface area contributed by atoms with Gasteiger partial charge in [-0.15, -0.1) is 22.7 Å². The van der Waals surface area contributed by atoms with Crippen molar-refractivity contribution >= 4 is 45.9 Å². The van der Waals surface area contributed by atoms with Gasteiger partial charge >= 0.3 is 0 Å². The van der Waals surface area contributed by atoms with E-state index in [0.29, 0.717) is 0 Å². The van der Waals surface area contributed by atoms with Gasteiger partial charge in [-0.25, -0.2) is 0 Å². The van der Waals surface area contributed by atoms with E-state index >= 15 is 0 Å². The van der Waals surface area contributed by atoms with E-state index < -0.39 is 0 Å². The maximum absolute atomic E-state index is 6.08. The van der Waals surface area contributed by atoms with Crippen LogP contribution in [0.4, 0.5) is 0 Å². The third kappa shape index (κ3) is 2.77. The van der Waals surface area contributed by atoms with Crippen LogP contribution in [0.15, 0.2) is 23.6 Å². The molecular formula is C10H10Cl2N2S2. The molecule has 0 aliphatic carbocycles. The molecule has 86 valence electrons. The Morgan fingerprint density at radius 1 is 1.31 bits per heavy atom. The molecule has 6 heteroatoms. The Morgan fingerprint density at radius 3 is 2.62 bits per heavy atom. The molecule has 1 atom stereocenters. The SMILES string of the molecule is NNC(Cc1ccc(Cl)s1)c1sccc1Cl. The van der Waals surface area contributed by atoms with Gasteiger partial charge in [0.2, 0.25) is 0 Å². The normalized spacial score (nSPS) is 12.9. The van der Waals surface area contributed by atoms with E-state index in [9.17, 15) is 0 Å². The number of hydrogen-bond donors (Lipinski definition) is 2. The van der Waals surface area contributed by atoms with E-state index in [4.69, 9.17) is 29.0 Å². The predicted octanol–water partition coefficient (Wildman–Crippen LogP) is 3.86. The molecule has 3 N–H and O–H groups in total. The molecule has 2 heterocycles. The van der Waals surface area contributed by atoms with Gasteiger partial charge in [-0.05, 0) is 23.6 Å². The van der Waals surface area contributed by atoms with Crippen LogP contribution in [0.1, 0.15) is 15.8 Å². The number of nitrogens with one attached hydrogen (secondary N) is 1. The smallest absolute Gasteiger partial charge is 0.0931 e. The number of nitrogens with two attached hydrogens (primary N) is 1. The van der Waals surface area contributed by atoms with Crippen molar-refractivity contribution < 1.29 is 0 Å². The summed E-state index contributed by atoms with van der Waals surface area (Å²) in [4.78, 5) is 2.26. The van der Waals surface area contributed by atoms with Crippen LogP contribution in [0.3, 0.4) is 0 Å². The van der Waals surface area contributed by atoms with Crippen LogP contribution < -0.4 is 11.3 Å². The summed E-state index contributed by atoms with van der Waals surface area (Å²) in [7, 11) is 0. The summed E-state index contributed by atoms with van der Waals surface area (Å²) < 4.78 is 0.794. The molecule has 0 radical (unpaired) electrons. The first kappa shape index (κ1) is 12.4. The van der Waals surface area contributed by atoms with Gasteiger partial charge in [-0.1, -0.05) is 23.2 Å². The Kier molecular flexibility index (Phi) is 4.24. The zero-order valence-electron chi connectivity index (χ0n) is 8.24. The highest BCUT2D eigenvalue weighted by Gasteiger charge is 2.16. The average molecular weight is 293 g/mol. The lowest BCUT2D eigenvalue weighted by Crippen LogP contribution is -2.28. The molecule has 1 unspecified atom stereocenters. The Balaban J connectivity index is 2.15. The van der Waals surface area contributed by atoms with Crippen LogP contribution in [0.25, 0.3) is 0 Å². The maximum atomic E-state index is 6.08. The van der Waals surface area contributed by atoms with E-state index in [-0.39, 0.29) is 6.04 Å². The van der Waals surface area contributed by atoms with Gasteiger partial charge in [0.1, 0.15) is 0 Å². The fraction of sp³-hybridized carbons (Fsp3) is 0.200. The van der Waals surface area contributed by atoms with Gasteiger partial charge in [0.25, 0.3) is 0 Å². The van der Waals surface area contributed by atoms with Crippen molar-refractivity contribution in [2.45, 2.75) is 12.5 Å². The van der Waals surface area contributed by atoms with Crippen LogP contribution in [0.2, 0.25) is 9.36 Å². The van der Waals surface area contributed by atoms with E-state index in [1.165, 1.54) is 4.88 Å². The summed E-state index contributed by atoms with van der Waals surface area (Å²) in [6.07, 6.45) is 0.800. The highest BCUT2D eigenvalue weighted by Crippen LogP contribution is 2.32. The number of thiophene rings is 2. The van der Waals surface area contributed by atoms with Crippen molar-refractivity contribution in [1.29, 1.82) is 0 Å². The second-order valence-corrected chi connectivity index (χ2v) is 6.42. The summed E-state index contributed by atoms with van der Waals surface area (Å²) >= 11 is 15.1. The fourth-order valence-corrected chi connectivity index (χ4v) is 3.83. The zero-order chi connectivity index (χ0) is 11.5. The topological polar surface area (TPSA) is 38.0 Å². The van der Waals surface area contributed by atoms with Gasteiger partial charge in [0, 0.05) is 16.2 Å². The Bertz CT molecular complexity index is 467. The molecule has 0 aromatic carbocycles. The lowest BCUT2D eigenvalue weighted by molar-refractivity contribution is 0.564. The minimum atomic E-state index is 0.0437. The van der Waals surface area contributed by atoms with Crippen LogP contribution >= 0.6 is 45.9 Å². The monoisotopic (exact) mass is 292 g/mol. The van der Waals surface area contributed by atoms with Crippen LogP contribution in [-0.4, -0.2) is 0 Å². The molecule has 0 saturated carbocycles. The second kappa shape index (κ2) is 5.49. The Morgan fingerprint density at radius 2 is 2.12 bits per heavy atom. The third-order valence-electron chi connectivity index (χ3n) is 2.20. The molecular weight excluding hydrogens is 283 g/mol. The van der Waals surface area contributed by atoms with Crippen LogP contribution in [0.5, 0.6) is 0 Å². The van der Waals surface area contributed by atoms with E-state index in [2.05, 4.69) is 5.43 Å². The fourth-order valence-electron chi connectivity index (χ4n) is 1.44. The molecule has 0 saturated heterocycles. The minimum Gasteiger partial charge on any atom is -0.271 e. The van der Waals surface area contributed by atoms with E-state index in [0.717, 1.165) is 20.7 Å². The van der Waals surface area contributed by atoms with Gasteiger partial charge < -0.3 is 0 Å². The Labute approximate surface area is 112 Å². The summed E-state index contributed by atoms with van der Waals surface area (Å²) in [5, 5.41) is 2.72. The maximum Gasteiger partial charge on any atom is 0.0931 e. The number of hydrazine groups is 1. The minimum absolute atomic E-state index is 0.0437. The van der Waals surface area contributed by atoms with Crippen molar-refractivity contribution in [3.05, 3.63) is 42.7 Å². The first-order chi connectivity index (χ1) is 7.70. The largest absolute Gasteiger partial charge is 0.271 e. The predicted molar refractivity (Wildman–Crippen MR) is 72.4 cm³/mol. The highest BCUT2D eigenvalue weighted by atomic mass is 35.5. The first-order valence-corrected chi connectivity index (χ1v) is 7.09. The number of rotatable bonds is 4. The molecule has 0 aliphatic rings. The molecule has 0 bridgehead atoms. The zero-order valence-corrected chi connectivity index (χ0v) is 11.4. The molecule has 2 rings (SSSR count). The summed E-state index contributed by atoms with van der Waals surface area (Å²) in [5.41, 5.74) is 2.79. The molecule has 0 amide bonds. The standard InChI is InChI=1S/C10H10Cl2N2S2/c11-7-3-4-15-10(7)8(14-13)5-6-1-2-9(12)16-6/h1-4,8,14H,5,13H2. The lowest BCUT2D eigenvalue weighted by atomic mass is 10.1. The average Bonchev–Trinajstić information content (AvgIpc) is 2.84. The van der Waals surface area contributed by atoms with Crippen LogP contribution in [0, 0.1) is 0 Å². The summed E-state index contributed by atoms with van der Waals surface area (Å²) in [6.45, 7) is 0. The van der Waals surface area contributed by atoms with Crippen LogP contribution in [-0.2, 0) is 6.42 Å². The van der Waals surface area contributed by atoms with Crippen molar-refractivity contribution in [2.75, 3.05) is 0 Å². The molecule has 2 aromatic rings. The Hall–Kier alpha value is -0.100.